The summed E-state index contributed by atoms with van der Waals surface area (Å²) in [6.45, 7) is 2.74. The van der Waals surface area contributed by atoms with Crippen LogP contribution in [0, 0.1) is 5.82 Å². The van der Waals surface area contributed by atoms with Gasteiger partial charge in [0.15, 0.2) is 17.7 Å². The molecule has 3 rings (SSSR count). The molecule has 0 aromatic heterocycles. The lowest BCUT2D eigenvalue weighted by atomic mass is 10.2. The largest absolute Gasteiger partial charge is 0.490 e. The molecule has 0 aliphatic heterocycles. The van der Waals surface area contributed by atoms with Crippen LogP contribution in [0.2, 0.25) is 0 Å². The van der Waals surface area contributed by atoms with E-state index in [1.807, 2.05) is 55.5 Å². The Hall–Kier alpha value is -3.45. The van der Waals surface area contributed by atoms with Crippen molar-refractivity contribution in [2.45, 2.75) is 13.5 Å². The molecule has 30 heavy (non-hydrogen) atoms. The highest BCUT2D eigenvalue weighted by Crippen LogP contribution is 2.28. The van der Waals surface area contributed by atoms with Crippen molar-refractivity contribution in [1.82, 2.24) is 5.43 Å². The van der Waals surface area contributed by atoms with Crippen molar-refractivity contribution in [2.24, 2.45) is 0 Å². The third kappa shape index (κ3) is 6.56. The summed E-state index contributed by atoms with van der Waals surface area (Å²) in [5.74, 6) is 0.973. The third-order valence-electron chi connectivity index (χ3n) is 4.03. The monoisotopic (exact) mass is 424 g/mol. The molecule has 3 aromatic rings. The Kier molecular flexibility index (Phi) is 7.74. The number of hydrazine groups is 1. The molecule has 0 atom stereocenters. The minimum Gasteiger partial charge on any atom is -0.490 e. The van der Waals surface area contributed by atoms with Crippen molar-refractivity contribution < 1.29 is 19.0 Å². The number of halogens is 1. The number of thiocarbonyl (C=S) groups is 1. The zero-order chi connectivity index (χ0) is 21.2. The van der Waals surface area contributed by atoms with Gasteiger partial charge >= 0.3 is 0 Å². The Balaban J connectivity index is 1.60. The van der Waals surface area contributed by atoms with E-state index in [0.29, 0.717) is 29.8 Å². The second-order valence-electron chi connectivity index (χ2n) is 6.29. The predicted molar refractivity (Wildman–Crippen MR) is 120 cm³/mol. The summed E-state index contributed by atoms with van der Waals surface area (Å²) in [6, 6.07) is 21.5. The molecular formula is C23H23FN3O2S+. The lowest BCUT2D eigenvalue weighted by Gasteiger charge is -2.12. The maximum Gasteiger partial charge on any atom is 0.228 e. The average molecular weight is 425 g/mol. The summed E-state index contributed by atoms with van der Waals surface area (Å²) in [5.41, 5.74) is 5.56. The number of nitrogens with one attached hydrogen (secondary N) is 3. The second-order valence-corrected chi connectivity index (χ2v) is 6.70. The van der Waals surface area contributed by atoms with Gasteiger partial charge in [0.25, 0.3) is 0 Å². The number of benzene rings is 3. The predicted octanol–water partition coefficient (Wildman–Crippen LogP) is 3.20. The topological polar surface area (TPSA) is 56.5 Å². The summed E-state index contributed by atoms with van der Waals surface area (Å²) in [7, 11) is 0. The van der Waals surface area contributed by atoms with E-state index in [-0.39, 0.29) is 5.82 Å². The summed E-state index contributed by atoms with van der Waals surface area (Å²) in [4.78, 5) is 0. The molecule has 0 fully saturated rings. The molecule has 0 bridgehead atoms. The van der Waals surface area contributed by atoms with E-state index in [4.69, 9.17) is 21.7 Å². The first-order chi connectivity index (χ1) is 14.6. The van der Waals surface area contributed by atoms with Gasteiger partial charge in [-0.2, -0.15) is 0 Å². The average Bonchev–Trinajstić information content (AvgIpc) is 2.75. The smallest absolute Gasteiger partial charge is 0.228 e. The maximum absolute atomic E-state index is 13.0. The molecule has 0 unspecified atom stereocenters. The molecule has 154 valence electrons. The number of hydrogen-bond donors (Lipinski definition) is 3. The number of hydrazone groups is 1. The highest BCUT2D eigenvalue weighted by molar-refractivity contribution is 7.80. The third-order valence-corrected chi connectivity index (χ3v) is 4.24. The van der Waals surface area contributed by atoms with Crippen LogP contribution < -0.4 is 25.3 Å². The van der Waals surface area contributed by atoms with Crippen molar-refractivity contribution in [3.05, 3.63) is 89.7 Å². The van der Waals surface area contributed by atoms with E-state index in [2.05, 4.69) is 15.8 Å². The Morgan fingerprint density at radius 3 is 2.50 bits per heavy atom. The summed E-state index contributed by atoms with van der Waals surface area (Å²) < 4.78 is 24.6. The fraction of sp³-hybridized carbons (Fsp3) is 0.130. The molecule has 0 saturated heterocycles. The van der Waals surface area contributed by atoms with Crippen molar-refractivity contribution in [3.63, 3.8) is 0 Å². The summed E-state index contributed by atoms with van der Waals surface area (Å²) >= 11 is 5.26. The zero-order valence-electron chi connectivity index (χ0n) is 16.5. The normalized spacial score (nSPS) is 10.6. The molecule has 0 radical (unpaired) electrons. The first-order valence-corrected chi connectivity index (χ1v) is 9.90. The molecule has 0 saturated carbocycles. The van der Waals surface area contributed by atoms with E-state index >= 15 is 0 Å². The van der Waals surface area contributed by atoms with E-state index < -0.39 is 0 Å². The second kappa shape index (κ2) is 10.9. The van der Waals surface area contributed by atoms with Gasteiger partial charge in [0.05, 0.1) is 6.61 Å². The molecule has 0 heterocycles. The van der Waals surface area contributed by atoms with Gasteiger partial charge in [-0.1, -0.05) is 30.3 Å². The minimum atomic E-state index is -0.270. The summed E-state index contributed by atoms with van der Waals surface area (Å²) in [5, 5.41) is 6.48. The van der Waals surface area contributed by atoms with Crippen LogP contribution in [-0.2, 0) is 6.61 Å². The Morgan fingerprint density at radius 2 is 1.77 bits per heavy atom. The number of ether oxygens (including phenoxy) is 2. The van der Waals surface area contributed by atoms with E-state index in [0.717, 1.165) is 16.8 Å². The highest BCUT2D eigenvalue weighted by Gasteiger charge is 2.08. The van der Waals surface area contributed by atoms with Crippen molar-refractivity contribution in [3.8, 4) is 11.5 Å². The molecule has 3 N–H and O–H groups in total. The van der Waals surface area contributed by atoms with Gasteiger partial charge in [-0.15, -0.1) is 10.5 Å². The van der Waals surface area contributed by atoms with E-state index in [1.54, 1.807) is 18.3 Å². The first kappa shape index (κ1) is 21.3. The number of hydrogen-bond acceptors (Lipinski definition) is 3. The Bertz CT molecular complexity index is 995. The number of para-hydroxylation sites is 1. The molecular weight excluding hydrogens is 401 g/mol. The molecule has 0 aliphatic rings. The minimum absolute atomic E-state index is 0.270. The van der Waals surface area contributed by atoms with Crippen LogP contribution in [0.1, 0.15) is 18.1 Å². The fourth-order valence-electron chi connectivity index (χ4n) is 2.61. The van der Waals surface area contributed by atoms with Crippen LogP contribution in [0.3, 0.4) is 0 Å². The molecule has 0 aliphatic carbocycles. The molecule has 5 nitrogen and oxygen atoms in total. The van der Waals surface area contributed by atoms with Gasteiger partial charge in [-0.25, -0.2) is 4.39 Å². The number of rotatable bonds is 8. The Labute approximate surface area is 180 Å². The van der Waals surface area contributed by atoms with E-state index in [1.165, 1.54) is 12.1 Å². The van der Waals surface area contributed by atoms with Crippen molar-refractivity contribution in [1.29, 1.82) is 0 Å². The van der Waals surface area contributed by atoms with Crippen molar-refractivity contribution in [2.75, 3.05) is 11.9 Å². The van der Waals surface area contributed by atoms with Crippen molar-refractivity contribution >= 4 is 29.2 Å². The quantitative estimate of drug-likeness (QED) is 0.295. The zero-order valence-corrected chi connectivity index (χ0v) is 17.3. The van der Waals surface area contributed by atoms with Gasteiger partial charge in [0.1, 0.15) is 12.4 Å². The number of anilines is 1. The SMILES string of the molecule is CCOc1cc(C=[NH+]NC(=S)Nc2ccccc2)ccc1OCc1ccc(F)cc1. The molecule has 0 spiro atoms. The fourth-order valence-corrected chi connectivity index (χ4v) is 2.79. The standard InChI is InChI=1S/C23H22FN3O2S/c1-2-28-22-14-18(15-25-27-23(30)26-20-6-4-3-5-7-20)10-13-21(22)29-16-17-8-11-19(24)12-9-17/h3-15H,2,16H2,1H3,(H2,26,27,30)/p+1. The van der Waals surface area contributed by atoms with E-state index in [9.17, 15) is 4.39 Å². The van der Waals surface area contributed by atoms with Gasteiger partial charge in [0, 0.05) is 11.3 Å². The first-order valence-electron chi connectivity index (χ1n) is 9.49. The lowest BCUT2D eigenvalue weighted by Crippen LogP contribution is -2.82. The van der Waals surface area contributed by atoms with Gasteiger partial charge < -0.3 is 14.8 Å². The molecule has 7 heteroatoms. The highest BCUT2D eigenvalue weighted by atomic mass is 32.1. The van der Waals surface area contributed by atoms with Crippen LogP contribution in [0.4, 0.5) is 10.1 Å². The van der Waals surface area contributed by atoms with Crippen LogP contribution in [0.15, 0.2) is 72.8 Å². The van der Waals surface area contributed by atoms with Gasteiger partial charge in [-0.05, 0) is 67.2 Å². The van der Waals surface area contributed by atoms with Crippen LogP contribution in [0.5, 0.6) is 11.5 Å². The lowest BCUT2D eigenvalue weighted by molar-refractivity contribution is -0.499. The van der Waals surface area contributed by atoms with Gasteiger partial charge in [0.2, 0.25) is 5.11 Å². The Morgan fingerprint density at radius 1 is 1.00 bits per heavy atom. The van der Waals surface area contributed by atoms with Crippen LogP contribution in [-0.4, -0.2) is 17.9 Å². The van der Waals surface area contributed by atoms with Crippen LogP contribution in [0.25, 0.3) is 0 Å². The summed E-state index contributed by atoms with van der Waals surface area (Å²) in [6.07, 6.45) is 1.77. The van der Waals surface area contributed by atoms with Crippen LogP contribution >= 0.6 is 12.2 Å². The molecule has 3 aromatic carbocycles. The van der Waals surface area contributed by atoms with Gasteiger partial charge in [-0.3, -0.25) is 0 Å². The maximum atomic E-state index is 13.0. The molecule has 0 amide bonds.